The molecule has 0 unspecified atom stereocenters. The number of hydrogen-bond donors (Lipinski definition) is 1. The topological polar surface area (TPSA) is 32.7 Å². The molecule has 0 saturated carbocycles. The van der Waals surface area contributed by atoms with Crippen molar-refractivity contribution in [2.75, 3.05) is 11.4 Å². The average Bonchev–Trinajstić information content (AvgIpc) is 2.85. The number of nitrogens with zero attached hydrogens (tertiary/aromatic N) is 1. The van der Waals surface area contributed by atoms with Gasteiger partial charge in [-0.3, -0.25) is 0 Å². The minimum Gasteiger partial charge on any atom is -0.454 e. The van der Waals surface area contributed by atoms with E-state index < -0.39 is 54.8 Å². The molecule has 0 radical (unpaired) electrons. The van der Waals surface area contributed by atoms with E-state index in [1.807, 2.05) is 0 Å². The summed E-state index contributed by atoms with van der Waals surface area (Å²) < 4.78 is 153. The van der Waals surface area contributed by atoms with Gasteiger partial charge in [-0.1, -0.05) is 40.2 Å². The largest absolute Gasteiger partial charge is 0.460 e. The molecule has 0 aromatic heterocycles. The van der Waals surface area contributed by atoms with Crippen LogP contribution in [0.5, 0.6) is 11.5 Å². The highest BCUT2D eigenvalue weighted by atomic mass is 79.9. The number of halogens is 12. The Labute approximate surface area is 227 Å². The minimum absolute atomic E-state index is 0.0916. The Hall–Kier alpha value is -3.07. The summed E-state index contributed by atoms with van der Waals surface area (Å²) in [5, 5.41) is 9.65. The van der Waals surface area contributed by atoms with Gasteiger partial charge < -0.3 is 14.7 Å². The highest BCUT2D eigenvalue weighted by Gasteiger charge is 2.73. The maximum Gasteiger partial charge on any atom is 0.460 e. The Morgan fingerprint density at radius 1 is 0.825 bits per heavy atom. The second kappa shape index (κ2) is 11.4. The van der Waals surface area contributed by atoms with Gasteiger partial charge in [-0.05, 0) is 42.0 Å². The van der Waals surface area contributed by atoms with Crippen molar-refractivity contribution in [1.82, 2.24) is 0 Å². The quantitative estimate of drug-likeness (QED) is 0.235. The molecule has 0 aliphatic rings. The zero-order valence-corrected chi connectivity index (χ0v) is 21.3. The summed E-state index contributed by atoms with van der Waals surface area (Å²) >= 11 is 3.12. The van der Waals surface area contributed by atoms with Gasteiger partial charge in [0.15, 0.2) is 17.7 Å². The van der Waals surface area contributed by atoms with Gasteiger partial charge in [-0.15, -0.1) is 0 Å². The number of anilines is 1. The standard InChI is InChI=1S/C25H17BrF11NO2/c26-16-7-8-19(27)20(10-16)40-18-6-2-5-17(11-18)38(13-21(39)23(30,31)32)12-14-3-1-4-15(9-14)22(28,29)24(33,34)25(35,36)37/h1-11,21,39H,12-13H2/t21-/m1/s1. The van der Waals surface area contributed by atoms with Crippen molar-refractivity contribution in [1.29, 1.82) is 0 Å². The molecule has 0 aliphatic carbocycles. The summed E-state index contributed by atoms with van der Waals surface area (Å²) in [6.07, 6.45) is -14.7. The average molecular weight is 652 g/mol. The molecule has 0 bridgehead atoms. The molecule has 0 amide bonds. The Bertz CT molecular complexity index is 1330. The number of aliphatic hydroxyl groups is 1. The summed E-state index contributed by atoms with van der Waals surface area (Å²) in [5.41, 5.74) is -2.23. The van der Waals surface area contributed by atoms with E-state index >= 15 is 0 Å². The van der Waals surface area contributed by atoms with Crippen LogP contribution in [0.25, 0.3) is 0 Å². The molecule has 3 aromatic carbocycles. The van der Waals surface area contributed by atoms with Gasteiger partial charge in [-0.2, -0.15) is 43.9 Å². The Kier molecular flexibility index (Phi) is 8.99. The highest BCUT2D eigenvalue weighted by molar-refractivity contribution is 9.10. The predicted octanol–water partition coefficient (Wildman–Crippen LogP) is 8.60. The van der Waals surface area contributed by atoms with Crippen LogP contribution < -0.4 is 9.64 Å². The monoisotopic (exact) mass is 651 g/mol. The molecule has 3 aromatic rings. The molecule has 0 fully saturated rings. The second-order valence-electron chi connectivity index (χ2n) is 8.46. The SMILES string of the molecule is O[C@H](CN(Cc1cccc(C(F)(F)C(F)(F)C(F)(F)F)c1)c1cccc(Oc2cc(Br)ccc2F)c1)C(F)(F)F. The molecule has 0 aliphatic heterocycles. The van der Waals surface area contributed by atoms with Crippen LogP contribution in [-0.4, -0.2) is 36.0 Å². The second-order valence-corrected chi connectivity index (χ2v) is 9.37. The summed E-state index contributed by atoms with van der Waals surface area (Å²) in [5.74, 6) is -13.3. The number of rotatable bonds is 9. The van der Waals surface area contributed by atoms with E-state index in [1.54, 1.807) is 0 Å². The van der Waals surface area contributed by atoms with E-state index in [-0.39, 0.29) is 22.7 Å². The molecule has 0 heterocycles. The van der Waals surface area contributed by atoms with Gasteiger partial charge >= 0.3 is 24.2 Å². The summed E-state index contributed by atoms with van der Waals surface area (Å²) in [6, 6.07) is 11.0. The van der Waals surface area contributed by atoms with E-state index in [0.29, 0.717) is 16.6 Å². The van der Waals surface area contributed by atoms with Gasteiger partial charge in [0, 0.05) is 28.3 Å². The van der Waals surface area contributed by atoms with Crippen LogP contribution in [-0.2, 0) is 12.5 Å². The van der Waals surface area contributed by atoms with Gasteiger partial charge in [0.05, 0.1) is 6.54 Å². The van der Waals surface area contributed by atoms with Crippen LogP contribution in [0.15, 0.2) is 71.2 Å². The molecule has 3 rings (SSSR count). The Balaban J connectivity index is 1.98. The molecule has 0 saturated heterocycles. The molecular weight excluding hydrogens is 635 g/mol. The first kappa shape index (κ1) is 31.5. The number of alkyl halides is 10. The van der Waals surface area contributed by atoms with Crippen molar-refractivity contribution in [2.45, 2.75) is 36.8 Å². The Morgan fingerprint density at radius 2 is 1.48 bits per heavy atom. The molecule has 0 spiro atoms. The summed E-state index contributed by atoms with van der Waals surface area (Å²) in [6.45, 7) is -1.94. The smallest absolute Gasteiger partial charge is 0.454 e. The zero-order chi connectivity index (χ0) is 30.1. The minimum atomic E-state index is -6.59. The van der Waals surface area contributed by atoms with Crippen molar-refractivity contribution in [2.24, 2.45) is 0 Å². The highest BCUT2D eigenvalue weighted by Crippen LogP contribution is 2.51. The maximum absolute atomic E-state index is 14.2. The van der Waals surface area contributed by atoms with Crippen molar-refractivity contribution in [3.63, 3.8) is 0 Å². The van der Waals surface area contributed by atoms with E-state index in [2.05, 4.69) is 15.9 Å². The lowest BCUT2D eigenvalue weighted by molar-refractivity contribution is -0.359. The van der Waals surface area contributed by atoms with Gasteiger partial charge in [-0.25, -0.2) is 4.39 Å². The number of hydrogen-bond acceptors (Lipinski definition) is 3. The lowest BCUT2D eigenvalue weighted by Crippen LogP contribution is -2.50. The lowest BCUT2D eigenvalue weighted by atomic mass is 9.99. The molecule has 1 N–H and O–H groups in total. The van der Waals surface area contributed by atoms with Gasteiger partial charge in [0.25, 0.3) is 0 Å². The third-order valence-electron chi connectivity index (χ3n) is 5.49. The number of benzene rings is 3. The van der Waals surface area contributed by atoms with Crippen molar-refractivity contribution < 1.29 is 58.1 Å². The fourth-order valence-corrected chi connectivity index (χ4v) is 3.78. The van der Waals surface area contributed by atoms with Crippen LogP contribution in [0, 0.1) is 5.82 Å². The van der Waals surface area contributed by atoms with Crippen molar-refractivity contribution in [3.05, 3.63) is 88.1 Å². The van der Waals surface area contributed by atoms with Crippen molar-refractivity contribution in [3.8, 4) is 11.5 Å². The molecule has 15 heteroatoms. The predicted molar refractivity (Wildman–Crippen MR) is 125 cm³/mol. The van der Waals surface area contributed by atoms with Crippen LogP contribution in [0.4, 0.5) is 54.0 Å². The molecular formula is C25H17BrF11NO2. The summed E-state index contributed by atoms with van der Waals surface area (Å²) in [4.78, 5) is 0.807. The summed E-state index contributed by atoms with van der Waals surface area (Å²) in [7, 11) is 0. The van der Waals surface area contributed by atoms with Crippen LogP contribution in [0.3, 0.4) is 0 Å². The first-order chi connectivity index (χ1) is 18.3. The van der Waals surface area contributed by atoms with Gasteiger partial charge in [0.1, 0.15) is 5.75 Å². The third kappa shape index (κ3) is 6.97. The molecule has 3 nitrogen and oxygen atoms in total. The zero-order valence-electron chi connectivity index (χ0n) is 19.7. The molecule has 1 atom stereocenters. The van der Waals surface area contributed by atoms with E-state index in [1.165, 1.54) is 30.3 Å². The van der Waals surface area contributed by atoms with Crippen LogP contribution >= 0.6 is 15.9 Å². The number of ether oxygens (including phenoxy) is 1. The van der Waals surface area contributed by atoms with Gasteiger partial charge in [0.2, 0.25) is 0 Å². The normalized spacial score (nSPS) is 13.7. The van der Waals surface area contributed by atoms with E-state index in [9.17, 15) is 53.4 Å². The lowest BCUT2D eigenvalue weighted by Gasteiger charge is -2.30. The molecule has 218 valence electrons. The van der Waals surface area contributed by atoms with Crippen molar-refractivity contribution >= 4 is 21.6 Å². The maximum atomic E-state index is 14.2. The fourth-order valence-electron chi connectivity index (χ4n) is 3.44. The third-order valence-corrected chi connectivity index (χ3v) is 5.98. The molecule has 40 heavy (non-hydrogen) atoms. The number of aliphatic hydroxyl groups excluding tert-OH is 1. The van der Waals surface area contributed by atoms with E-state index in [0.717, 1.165) is 29.2 Å². The fraction of sp³-hybridized carbons (Fsp3) is 0.280. The van der Waals surface area contributed by atoms with Crippen LogP contribution in [0.2, 0.25) is 0 Å². The first-order valence-electron chi connectivity index (χ1n) is 11.0. The van der Waals surface area contributed by atoms with E-state index in [4.69, 9.17) is 4.74 Å². The Morgan fingerprint density at radius 3 is 2.10 bits per heavy atom. The first-order valence-corrected chi connectivity index (χ1v) is 11.8. The van der Waals surface area contributed by atoms with Crippen LogP contribution in [0.1, 0.15) is 11.1 Å².